The minimum atomic E-state index is -0.293. The van der Waals surface area contributed by atoms with E-state index >= 15 is 0 Å². The van der Waals surface area contributed by atoms with Crippen LogP contribution in [-0.2, 0) is 13.0 Å². The summed E-state index contributed by atoms with van der Waals surface area (Å²) >= 11 is 0. The van der Waals surface area contributed by atoms with Crippen LogP contribution in [0.3, 0.4) is 0 Å². The molecule has 3 aromatic rings. The van der Waals surface area contributed by atoms with Gasteiger partial charge < -0.3 is 4.90 Å². The van der Waals surface area contributed by atoms with Gasteiger partial charge in [0.2, 0.25) is 0 Å². The quantitative estimate of drug-likeness (QED) is 0.482. The maximum Gasteiger partial charge on any atom is 0.274 e. The fourth-order valence-electron chi connectivity index (χ4n) is 3.74. The summed E-state index contributed by atoms with van der Waals surface area (Å²) in [5.41, 5.74) is 5.85. The molecule has 0 bridgehead atoms. The van der Waals surface area contributed by atoms with Crippen molar-refractivity contribution in [3.05, 3.63) is 105 Å². The lowest BCUT2D eigenvalue weighted by molar-refractivity contribution is -0.385. The highest BCUT2D eigenvalue weighted by molar-refractivity contribution is 5.62. The Morgan fingerprint density at radius 2 is 1.69 bits per heavy atom. The number of benzene rings is 3. The zero-order chi connectivity index (χ0) is 18.1. The first-order valence-electron chi connectivity index (χ1n) is 8.77. The van der Waals surface area contributed by atoms with Gasteiger partial charge in [-0.05, 0) is 30.5 Å². The van der Waals surface area contributed by atoms with Crippen molar-refractivity contribution < 1.29 is 4.92 Å². The summed E-state index contributed by atoms with van der Waals surface area (Å²) in [6, 6.07) is 24.1. The summed E-state index contributed by atoms with van der Waals surface area (Å²) in [6.07, 6.45) is 0.917. The summed E-state index contributed by atoms with van der Waals surface area (Å²) in [4.78, 5) is 13.4. The zero-order valence-electron chi connectivity index (χ0n) is 14.6. The number of nitrogens with zero attached hydrogens (tertiary/aromatic N) is 2. The highest BCUT2D eigenvalue weighted by Crippen LogP contribution is 2.41. The topological polar surface area (TPSA) is 46.4 Å². The number of hydrogen-bond donors (Lipinski definition) is 0. The second kappa shape index (κ2) is 6.64. The molecule has 0 radical (unpaired) electrons. The Kier molecular flexibility index (Phi) is 4.17. The molecule has 0 amide bonds. The maximum atomic E-state index is 11.4. The third kappa shape index (κ3) is 2.94. The van der Waals surface area contributed by atoms with Crippen LogP contribution in [0.4, 0.5) is 11.4 Å². The predicted molar refractivity (Wildman–Crippen MR) is 103 cm³/mol. The molecule has 0 aromatic heterocycles. The Morgan fingerprint density at radius 1 is 1.00 bits per heavy atom. The van der Waals surface area contributed by atoms with Gasteiger partial charge in [0.15, 0.2) is 0 Å². The van der Waals surface area contributed by atoms with Gasteiger partial charge in [0.25, 0.3) is 5.69 Å². The van der Waals surface area contributed by atoms with Gasteiger partial charge in [0.1, 0.15) is 0 Å². The van der Waals surface area contributed by atoms with Crippen LogP contribution < -0.4 is 4.90 Å². The molecule has 0 fully saturated rings. The van der Waals surface area contributed by atoms with E-state index in [9.17, 15) is 10.1 Å². The Morgan fingerprint density at radius 3 is 2.46 bits per heavy atom. The molecule has 130 valence electrons. The van der Waals surface area contributed by atoms with Gasteiger partial charge in [0, 0.05) is 17.3 Å². The van der Waals surface area contributed by atoms with Crippen molar-refractivity contribution >= 4 is 11.4 Å². The lowest BCUT2D eigenvalue weighted by Crippen LogP contribution is -2.25. The van der Waals surface area contributed by atoms with Gasteiger partial charge in [-0.1, -0.05) is 66.2 Å². The van der Waals surface area contributed by atoms with Crippen molar-refractivity contribution in [2.45, 2.75) is 25.9 Å². The van der Waals surface area contributed by atoms with Gasteiger partial charge in [0.05, 0.1) is 17.5 Å². The lowest BCUT2D eigenvalue weighted by atomic mass is 10.0. The molecule has 0 saturated carbocycles. The van der Waals surface area contributed by atoms with Crippen molar-refractivity contribution in [2.75, 3.05) is 4.90 Å². The van der Waals surface area contributed by atoms with E-state index in [1.165, 1.54) is 16.7 Å². The van der Waals surface area contributed by atoms with E-state index in [1.807, 2.05) is 18.2 Å². The molecule has 1 atom stereocenters. The standard InChI is InChI=1S/C22H20N2O2/c1-16-10-12-17(13-11-16)22-14-18-6-2-4-8-20(18)23(22)15-19-7-3-5-9-21(19)24(25)26/h2-13,22H,14-15H2,1H3/t22-/m0/s1. The molecule has 0 saturated heterocycles. The summed E-state index contributed by atoms with van der Waals surface area (Å²) in [5, 5.41) is 11.4. The van der Waals surface area contributed by atoms with Crippen LogP contribution in [0.2, 0.25) is 0 Å². The van der Waals surface area contributed by atoms with Crippen LogP contribution in [0.5, 0.6) is 0 Å². The smallest absolute Gasteiger partial charge is 0.274 e. The number of hydrogen-bond acceptors (Lipinski definition) is 3. The molecular weight excluding hydrogens is 324 g/mol. The number of fused-ring (bicyclic) bond motifs is 1. The van der Waals surface area contributed by atoms with Crippen LogP contribution >= 0.6 is 0 Å². The summed E-state index contributed by atoms with van der Waals surface area (Å²) in [5.74, 6) is 0. The van der Waals surface area contributed by atoms with Crippen molar-refractivity contribution in [3.63, 3.8) is 0 Å². The van der Waals surface area contributed by atoms with Crippen molar-refractivity contribution in [2.24, 2.45) is 0 Å². The molecule has 0 unspecified atom stereocenters. The highest BCUT2D eigenvalue weighted by atomic mass is 16.6. The first kappa shape index (κ1) is 16.3. The molecule has 1 aliphatic rings. The van der Waals surface area contributed by atoms with Gasteiger partial charge in [-0.2, -0.15) is 0 Å². The molecule has 1 aliphatic heterocycles. The average molecular weight is 344 g/mol. The number of rotatable bonds is 4. The molecule has 1 heterocycles. The number of para-hydroxylation sites is 2. The van der Waals surface area contributed by atoms with Crippen LogP contribution in [0.1, 0.15) is 28.3 Å². The Labute approximate surface area is 152 Å². The number of aryl methyl sites for hydroxylation is 1. The van der Waals surface area contributed by atoms with E-state index in [0.29, 0.717) is 6.54 Å². The van der Waals surface area contributed by atoms with Crippen LogP contribution in [0.25, 0.3) is 0 Å². The summed E-state index contributed by atoms with van der Waals surface area (Å²) in [6.45, 7) is 2.60. The van der Waals surface area contributed by atoms with E-state index < -0.39 is 0 Å². The SMILES string of the molecule is Cc1ccc([C@@H]2Cc3ccccc3N2Cc2ccccc2[N+](=O)[O-])cc1. The fraction of sp³-hybridized carbons (Fsp3) is 0.182. The third-order valence-corrected chi connectivity index (χ3v) is 5.08. The fourth-order valence-corrected chi connectivity index (χ4v) is 3.74. The van der Waals surface area contributed by atoms with E-state index in [4.69, 9.17) is 0 Å². The van der Waals surface area contributed by atoms with Gasteiger partial charge in [-0.3, -0.25) is 10.1 Å². The number of nitro groups is 1. The summed E-state index contributed by atoms with van der Waals surface area (Å²) in [7, 11) is 0. The molecule has 0 aliphatic carbocycles. The number of anilines is 1. The van der Waals surface area contributed by atoms with Crippen LogP contribution in [0.15, 0.2) is 72.8 Å². The van der Waals surface area contributed by atoms with Crippen molar-refractivity contribution in [3.8, 4) is 0 Å². The molecule has 0 spiro atoms. The highest BCUT2D eigenvalue weighted by Gasteiger charge is 2.31. The molecule has 4 rings (SSSR count). The van der Waals surface area contributed by atoms with E-state index in [-0.39, 0.29) is 16.7 Å². The van der Waals surface area contributed by atoms with Crippen molar-refractivity contribution in [1.29, 1.82) is 0 Å². The number of nitro benzene ring substituents is 1. The Bertz CT molecular complexity index is 950. The monoisotopic (exact) mass is 344 g/mol. The molecular formula is C22H20N2O2. The molecule has 4 heteroatoms. The van der Waals surface area contributed by atoms with E-state index in [2.05, 4.69) is 54.3 Å². The molecule has 4 nitrogen and oxygen atoms in total. The zero-order valence-corrected chi connectivity index (χ0v) is 14.6. The van der Waals surface area contributed by atoms with E-state index in [1.54, 1.807) is 12.1 Å². The molecule has 0 N–H and O–H groups in total. The Balaban J connectivity index is 1.75. The van der Waals surface area contributed by atoms with Gasteiger partial charge in [-0.15, -0.1) is 0 Å². The molecule has 26 heavy (non-hydrogen) atoms. The maximum absolute atomic E-state index is 11.4. The second-order valence-electron chi connectivity index (χ2n) is 6.77. The first-order valence-corrected chi connectivity index (χ1v) is 8.77. The largest absolute Gasteiger partial charge is 0.359 e. The minimum absolute atomic E-state index is 0.180. The van der Waals surface area contributed by atoms with E-state index in [0.717, 1.165) is 17.7 Å². The first-order chi connectivity index (χ1) is 12.6. The Hall–Kier alpha value is -3.14. The van der Waals surface area contributed by atoms with Gasteiger partial charge in [-0.25, -0.2) is 0 Å². The van der Waals surface area contributed by atoms with Gasteiger partial charge >= 0.3 is 0 Å². The summed E-state index contributed by atoms with van der Waals surface area (Å²) < 4.78 is 0. The second-order valence-corrected chi connectivity index (χ2v) is 6.77. The van der Waals surface area contributed by atoms with Crippen LogP contribution in [0, 0.1) is 17.0 Å². The van der Waals surface area contributed by atoms with Crippen molar-refractivity contribution in [1.82, 2.24) is 0 Å². The molecule has 3 aromatic carbocycles. The van der Waals surface area contributed by atoms with Crippen LogP contribution in [-0.4, -0.2) is 4.92 Å². The lowest BCUT2D eigenvalue weighted by Gasteiger charge is -2.28. The average Bonchev–Trinajstić information content (AvgIpc) is 3.01. The third-order valence-electron chi connectivity index (χ3n) is 5.08. The predicted octanol–water partition coefficient (Wildman–Crippen LogP) is 5.21. The minimum Gasteiger partial charge on any atom is -0.359 e. The normalized spacial score (nSPS) is 15.7.